The Bertz CT molecular complexity index is 809. The topological polar surface area (TPSA) is 47.9 Å². The van der Waals surface area contributed by atoms with Gasteiger partial charge in [-0.15, -0.1) is 0 Å². The smallest absolute Gasteiger partial charge is 0.366 e. The molecule has 0 aromatic heterocycles. The van der Waals surface area contributed by atoms with Crippen molar-refractivity contribution < 1.29 is 14.4 Å². The Morgan fingerprint density at radius 2 is 1.88 bits per heavy atom. The van der Waals surface area contributed by atoms with Crippen LogP contribution < -0.4 is 4.74 Å². The molecule has 2 aromatic rings. The predicted octanol–water partition coefficient (Wildman–Crippen LogP) is 4.21. The van der Waals surface area contributed by atoms with Crippen molar-refractivity contribution in [2.24, 2.45) is 5.16 Å². The highest BCUT2D eigenvalue weighted by Crippen LogP contribution is 2.30. The van der Waals surface area contributed by atoms with Crippen molar-refractivity contribution in [1.29, 1.82) is 0 Å². The van der Waals surface area contributed by atoms with Crippen molar-refractivity contribution >= 4 is 11.7 Å². The summed E-state index contributed by atoms with van der Waals surface area (Å²) in [6.45, 7) is 3.94. The third-order valence-corrected chi connectivity index (χ3v) is 4.52. The van der Waals surface area contributed by atoms with E-state index >= 15 is 0 Å². The van der Waals surface area contributed by atoms with Gasteiger partial charge in [0, 0.05) is 5.56 Å². The van der Waals surface area contributed by atoms with Crippen LogP contribution in [0.15, 0.2) is 41.6 Å². The molecule has 0 bridgehead atoms. The number of hydrogen-bond acceptors (Lipinski definition) is 4. The normalized spacial score (nSPS) is 15.0. The Morgan fingerprint density at radius 1 is 1.08 bits per heavy atom. The summed E-state index contributed by atoms with van der Waals surface area (Å²) in [6, 6.07) is 11.3. The van der Waals surface area contributed by atoms with E-state index < -0.39 is 5.97 Å². The van der Waals surface area contributed by atoms with Crippen LogP contribution >= 0.6 is 0 Å². The number of ether oxygens (including phenoxy) is 1. The molecule has 0 spiro atoms. The molecule has 2 aromatic carbocycles. The molecule has 0 atom stereocenters. The molecule has 0 saturated heterocycles. The fraction of sp³-hybridized carbons (Fsp3) is 0.300. The first kappa shape index (κ1) is 16.2. The highest BCUT2D eigenvalue weighted by atomic mass is 16.7. The lowest BCUT2D eigenvalue weighted by Gasteiger charge is -2.21. The van der Waals surface area contributed by atoms with E-state index in [-0.39, 0.29) is 0 Å². The second-order valence-electron chi connectivity index (χ2n) is 6.00. The first-order valence-corrected chi connectivity index (χ1v) is 8.12. The Balaban J connectivity index is 1.87. The average molecular weight is 323 g/mol. The minimum absolute atomic E-state index is 0.419. The van der Waals surface area contributed by atoms with E-state index in [0.29, 0.717) is 5.56 Å². The fourth-order valence-electron chi connectivity index (χ4n) is 3.16. The van der Waals surface area contributed by atoms with Gasteiger partial charge in [0.25, 0.3) is 0 Å². The summed E-state index contributed by atoms with van der Waals surface area (Å²) < 4.78 is 5.39. The maximum Gasteiger partial charge on any atom is 0.366 e. The Morgan fingerprint density at radius 3 is 2.62 bits per heavy atom. The van der Waals surface area contributed by atoms with Crippen LogP contribution in [-0.4, -0.2) is 18.8 Å². The zero-order chi connectivity index (χ0) is 17.1. The monoisotopic (exact) mass is 323 g/mol. The van der Waals surface area contributed by atoms with E-state index in [0.717, 1.165) is 47.4 Å². The standard InChI is InChI=1S/C20H21NO3/c1-13-7-4-5-8-15(13)20(22)24-21-18-10-6-9-16-14(2)19(23-3)12-11-17(16)18/h4-5,7-8,11-12H,6,9-10H2,1-3H3/b21-18+. The molecule has 0 unspecified atom stereocenters. The molecule has 0 radical (unpaired) electrons. The summed E-state index contributed by atoms with van der Waals surface area (Å²) in [5.74, 6) is 0.463. The van der Waals surface area contributed by atoms with Crippen molar-refractivity contribution in [3.8, 4) is 5.75 Å². The molecule has 0 heterocycles. The quantitative estimate of drug-likeness (QED) is 0.628. The molecule has 1 aliphatic carbocycles. The van der Waals surface area contributed by atoms with Crippen LogP contribution in [0, 0.1) is 13.8 Å². The predicted molar refractivity (Wildman–Crippen MR) is 93.8 cm³/mol. The average Bonchev–Trinajstić information content (AvgIpc) is 2.60. The number of methoxy groups -OCH3 is 1. The van der Waals surface area contributed by atoms with Crippen LogP contribution in [0.5, 0.6) is 5.75 Å². The van der Waals surface area contributed by atoms with E-state index in [9.17, 15) is 4.79 Å². The van der Waals surface area contributed by atoms with Gasteiger partial charge < -0.3 is 9.57 Å². The van der Waals surface area contributed by atoms with E-state index in [4.69, 9.17) is 9.57 Å². The number of carbonyl (C=O) groups is 1. The molecule has 0 fully saturated rings. The number of nitrogens with zero attached hydrogens (tertiary/aromatic N) is 1. The summed E-state index contributed by atoms with van der Waals surface area (Å²) in [4.78, 5) is 17.5. The molecule has 1 aliphatic rings. The second-order valence-corrected chi connectivity index (χ2v) is 6.00. The minimum atomic E-state index is -0.419. The van der Waals surface area contributed by atoms with Gasteiger partial charge in [-0.3, -0.25) is 0 Å². The molecule has 4 nitrogen and oxygen atoms in total. The first-order valence-electron chi connectivity index (χ1n) is 8.12. The number of fused-ring (bicyclic) bond motifs is 1. The van der Waals surface area contributed by atoms with E-state index in [1.165, 1.54) is 5.56 Å². The Kier molecular flexibility index (Phi) is 4.65. The van der Waals surface area contributed by atoms with Crippen LogP contribution in [0.25, 0.3) is 0 Å². The number of rotatable bonds is 3. The number of aryl methyl sites for hydroxylation is 1. The fourth-order valence-corrected chi connectivity index (χ4v) is 3.16. The van der Waals surface area contributed by atoms with Gasteiger partial charge in [-0.1, -0.05) is 23.4 Å². The zero-order valence-electron chi connectivity index (χ0n) is 14.3. The van der Waals surface area contributed by atoms with E-state index in [1.54, 1.807) is 13.2 Å². The van der Waals surface area contributed by atoms with E-state index in [1.807, 2.05) is 37.3 Å². The maximum atomic E-state index is 12.2. The van der Waals surface area contributed by atoms with Gasteiger partial charge in [-0.25, -0.2) is 4.79 Å². The van der Waals surface area contributed by atoms with Gasteiger partial charge in [0.15, 0.2) is 0 Å². The van der Waals surface area contributed by atoms with Crippen molar-refractivity contribution in [3.63, 3.8) is 0 Å². The molecule has 0 aliphatic heterocycles. The molecule has 0 saturated carbocycles. The lowest BCUT2D eigenvalue weighted by Crippen LogP contribution is -2.15. The number of benzene rings is 2. The summed E-state index contributed by atoms with van der Waals surface area (Å²) in [6.07, 6.45) is 2.78. The molecule has 0 N–H and O–H groups in total. The third kappa shape index (κ3) is 3.04. The minimum Gasteiger partial charge on any atom is -0.496 e. The number of hydrogen-bond donors (Lipinski definition) is 0. The first-order chi connectivity index (χ1) is 11.6. The van der Waals surface area contributed by atoms with Crippen LogP contribution in [0.4, 0.5) is 0 Å². The second kappa shape index (κ2) is 6.87. The van der Waals surface area contributed by atoms with Gasteiger partial charge in [0.1, 0.15) is 5.75 Å². The lowest BCUT2D eigenvalue weighted by atomic mass is 9.87. The molecule has 3 rings (SSSR count). The molecular formula is C20H21NO3. The largest absolute Gasteiger partial charge is 0.496 e. The van der Waals surface area contributed by atoms with Gasteiger partial charge >= 0.3 is 5.97 Å². The van der Waals surface area contributed by atoms with Crippen LogP contribution in [0.2, 0.25) is 0 Å². The summed E-state index contributed by atoms with van der Waals surface area (Å²) >= 11 is 0. The van der Waals surface area contributed by atoms with E-state index in [2.05, 4.69) is 12.1 Å². The summed E-state index contributed by atoms with van der Waals surface area (Å²) in [5.41, 5.74) is 5.66. The van der Waals surface area contributed by atoms with Gasteiger partial charge in [0.05, 0.1) is 18.4 Å². The van der Waals surface area contributed by atoms with Crippen LogP contribution in [0.3, 0.4) is 0 Å². The number of oxime groups is 1. The Hall–Kier alpha value is -2.62. The summed E-state index contributed by atoms with van der Waals surface area (Å²) in [5, 5.41) is 4.16. The van der Waals surface area contributed by atoms with Crippen molar-refractivity contribution in [2.45, 2.75) is 33.1 Å². The Labute approximate surface area is 142 Å². The zero-order valence-corrected chi connectivity index (χ0v) is 14.3. The highest BCUT2D eigenvalue weighted by Gasteiger charge is 2.20. The van der Waals surface area contributed by atoms with Crippen molar-refractivity contribution in [2.75, 3.05) is 7.11 Å². The van der Waals surface area contributed by atoms with Gasteiger partial charge in [-0.05, 0) is 68.0 Å². The summed E-state index contributed by atoms with van der Waals surface area (Å²) in [7, 11) is 1.68. The lowest BCUT2D eigenvalue weighted by molar-refractivity contribution is 0.0514. The van der Waals surface area contributed by atoms with Crippen molar-refractivity contribution in [3.05, 3.63) is 64.2 Å². The molecular weight excluding hydrogens is 302 g/mol. The maximum absolute atomic E-state index is 12.2. The molecule has 4 heteroatoms. The highest BCUT2D eigenvalue weighted by molar-refractivity contribution is 6.03. The molecule has 24 heavy (non-hydrogen) atoms. The molecule has 124 valence electrons. The third-order valence-electron chi connectivity index (χ3n) is 4.52. The van der Waals surface area contributed by atoms with Crippen LogP contribution in [-0.2, 0) is 11.3 Å². The number of carbonyl (C=O) groups excluding carboxylic acids is 1. The van der Waals surface area contributed by atoms with Gasteiger partial charge in [0.2, 0.25) is 0 Å². The van der Waals surface area contributed by atoms with Crippen LogP contribution in [0.1, 0.15) is 45.5 Å². The SMILES string of the molecule is COc1ccc2c(c1C)CCC/C2=N\OC(=O)c1ccccc1C. The molecule has 0 amide bonds. The van der Waals surface area contributed by atoms with Crippen molar-refractivity contribution in [1.82, 2.24) is 0 Å². The van der Waals surface area contributed by atoms with Gasteiger partial charge in [-0.2, -0.15) is 0 Å².